The van der Waals surface area contributed by atoms with Gasteiger partial charge in [0.15, 0.2) is 0 Å². The van der Waals surface area contributed by atoms with E-state index in [9.17, 15) is 13.2 Å². The number of carbonyl (C=O) groups excluding carboxylic acids is 1. The summed E-state index contributed by atoms with van der Waals surface area (Å²) in [7, 11) is -0.680. The fraction of sp³-hybridized carbons (Fsp3) is 0.316. The van der Waals surface area contributed by atoms with E-state index >= 15 is 0 Å². The van der Waals surface area contributed by atoms with Gasteiger partial charge in [-0.1, -0.05) is 30.3 Å². The van der Waals surface area contributed by atoms with Gasteiger partial charge >= 0.3 is 0 Å². The van der Waals surface area contributed by atoms with Crippen molar-refractivity contribution in [2.24, 2.45) is 0 Å². The molecule has 0 fully saturated rings. The molecule has 0 spiro atoms. The lowest BCUT2D eigenvalue weighted by molar-refractivity contribution is -0.130. The van der Waals surface area contributed by atoms with Gasteiger partial charge in [-0.25, -0.2) is 8.42 Å². The van der Waals surface area contributed by atoms with Crippen molar-refractivity contribution in [1.29, 1.82) is 0 Å². The van der Waals surface area contributed by atoms with E-state index in [1.807, 2.05) is 37.3 Å². The van der Waals surface area contributed by atoms with Crippen LogP contribution in [0.15, 0.2) is 59.5 Å². The number of nitrogens with zero attached hydrogens (tertiary/aromatic N) is 2. The quantitative estimate of drug-likeness (QED) is 0.709. The third-order valence-electron chi connectivity index (χ3n) is 3.89. The Labute approximate surface area is 155 Å². The Kier molecular flexibility index (Phi) is 6.76. The summed E-state index contributed by atoms with van der Waals surface area (Å²) in [6, 6.07) is 15.7. The summed E-state index contributed by atoms with van der Waals surface area (Å²) in [6.07, 6.45) is 0. The molecule has 6 nitrogen and oxygen atoms in total. The zero-order chi connectivity index (χ0) is 19.2. The molecule has 2 aromatic carbocycles. The molecule has 0 aromatic heterocycles. The summed E-state index contributed by atoms with van der Waals surface area (Å²) < 4.78 is 31.6. The molecule has 0 radical (unpaired) electrons. The molecule has 2 rings (SSSR count). The Balaban J connectivity index is 2.02. The second kappa shape index (κ2) is 8.82. The number of likely N-dealkylation sites (N-methyl/N-ethyl adjacent to an activating group) is 2. The Hall–Kier alpha value is -2.38. The maximum absolute atomic E-state index is 12.6. The Bertz CT molecular complexity index is 820. The van der Waals surface area contributed by atoms with Crippen molar-refractivity contribution < 1.29 is 17.9 Å². The SMILES string of the molecule is CCOc1ccc(S(=O)(=O)N(C)CC(=O)N(C)Cc2ccccc2)cc1. The molecule has 1 amide bonds. The number of rotatable bonds is 8. The summed E-state index contributed by atoms with van der Waals surface area (Å²) in [5, 5.41) is 0. The smallest absolute Gasteiger partial charge is 0.243 e. The molecule has 26 heavy (non-hydrogen) atoms. The molecule has 0 aliphatic rings. The summed E-state index contributed by atoms with van der Waals surface area (Å²) in [5.74, 6) is 0.332. The molecule has 0 saturated heterocycles. The molecule has 0 bridgehead atoms. The zero-order valence-corrected chi connectivity index (χ0v) is 16.1. The van der Waals surface area contributed by atoms with Crippen LogP contribution in [0.5, 0.6) is 5.75 Å². The first-order chi connectivity index (χ1) is 12.3. The van der Waals surface area contributed by atoms with Gasteiger partial charge in [-0.3, -0.25) is 4.79 Å². The van der Waals surface area contributed by atoms with Gasteiger partial charge in [0.2, 0.25) is 15.9 Å². The fourth-order valence-corrected chi connectivity index (χ4v) is 3.52. The minimum absolute atomic E-state index is 0.127. The van der Waals surface area contributed by atoms with Crippen molar-refractivity contribution in [1.82, 2.24) is 9.21 Å². The highest BCUT2D eigenvalue weighted by atomic mass is 32.2. The molecule has 0 atom stereocenters. The van der Waals surface area contributed by atoms with Gasteiger partial charge in [0.25, 0.3) is 0 Å². The molecule has 0 aliphatic heterocycles. The molecule has 0 aliphatic carbocycles. The molecule has 0 saturated carbocycles. The summed E-state index contributed by atoms with van der Waals surface area (Å²) in [5.41, 5.74) is 0.986. The third kappa shape index (κ3) is 5.06. The summed E-state index contributed by atoms with van der Waals surface area (Å²) in [6.45, 7) is 2.57. The van der Waals surface area contributed by atoms with Crippen LogP contribution in [0.1, 0.15) is 12.5 Å². The zero-order valence-electron chi connectivity index (χ0n) is 15.3. The summed E-state index contributed by atoms with van der Waals surface area (Å²) >= 11 is 0. The van der Waals surface area contributed by atoms with Crippen LogP contribution in [-0.2, 0) is 21.4 Å². The highest BCUT2D eigenvalue weighted by Crippen LogP contribution is 2.19. The van der Waals surface area contributed by atoms with Crippen LogP contribution in [-0.4, -0.2) is 50.8 Å². The van der Waals surface area contributed by atoms with Crippen LogP contribution in [0.25, 0.3) is 0 Å². The van der Waals surface area contributed by atoms with Gasteiger partial charge in [0.05, 0.1) is 18.0 Å². The normalized spacial score (nSPS) is 11.4. The van der Waals surface area contributed by atoms with E-state index in [0.717, 1.165) is 9.87 Å². The molecular weight excluding hydrogens is 352 g/mol. The number of hydrogen-bond acceptors (Lipinski definition) is 4. The number of amides is 1. The van der Waals surface area contributed by atoms with E-state index in [4.69, 9.17) is 4.74 Å². The first-order valence-electron chi connectivity index (χ1n) is 8.31. The number of benzene rings is 2. The number of carbonyl (C=O) groups is 1. The van der Waals surface area contributed by atoms with Crippen LogP contribution in [0.4, 0.5) is 0 Å². The van der Waals surface area contributed by atoms with E-state index in [1.165, 1.54) is 24.1 Å². The van der Waals surface area contributed by atoms with Crippen molar-refractivity contribution in [3.05, 3.63) is 60.2 Å². The lowest BCUT2D eigenvalue weighted by Crippen LogP contribution is -2.39. The molecule has 140 valence electrons. The molecule has 0 heterocycles. The van der Waals surface area contributed by atoms with Crippen molar-refractivity contribution in [3.63, 3.8) is 0 Å². The fourth-order valence-electron chi connectivity index (χ4n) is 2.40. The largest absolute Gasteiger partial charge is 0.494 e. The van der Waals surface area contributed by atoms with Gasteiger partial charge in [0, 0.05) is 20.6 Å². The van der Waals surface area contributed by atoms with Crippen molar-refractivity contribution >= 4 is 15.9 Å². The van der Waals surface area contributed by atoms with Crippen LogP contribution >= 0.6 is 0 Å². The minimum atomic E-state index is -3.74. The van der Waals surface area contributed by atoms with Gasteiger partial charge in [0.1, 0.15) is 5.75 Å². The van der Waals surface area contributed by atoms with Crippen LogP contribution in [0.2, 0.25) is 0 Å². The molecule has 0 unspecified atom stereocenters. The first-order valence-corrected chi connectivity index (χ1v) is 9.75. The van der Waals surface area contributed by atoms with Gasteiger partial charge in [-0.15, -0.1) is 0 Å². The number of ether oxygens (including phenoxy) is 1. The van der Waals surface area contributed by atoms with Gasteiger partial charge in [-0.2, -0.15) is 4.31 Å². The van der Waals surface area contributed by atoms with E-state index in [-0.39, 0.29) is 17.3 Å². The van der Waals surface area contributed by atoms with Crippen molar-refractivity contribution in [2.75, 3.05) is 27.2 Å². The van der Waals surface area contributed by atoms with E-state index < -0.39 is 10.0 Å². The average Bonchev–Trinajstić information content (AvgIpc) is 2.63. The second-order valence-corrected chi connectivity index (χ2v) is 7.95. The molecular formula is C19H24N2O4S. The molecule has 2 aromatic rings. The summed E-state index contributed by atoms with van der Waals surface area (Å²) in [4.78, 5) is 14.0. The Morgan fingerprint density at radius 1 is 1.00 bits per heavy atom. The maximum Gasteiger partial charge on any atom is 0.243 e. The number of hydrogen-bond donors (Lipinski definition) is 0. The Morgan fingerprint density at radius 3 is 2.19 bits per heavy atom. The van der Waals surface area contributed by atoms with Crippen molar-refractivity contribution in [3.8, 4) is 5.75 Å². The predicted octanol–water partition coefficient (Wildman–Crippen LogP) is 2.36. The van der Waals surface area contributed by atoms with Gasteiger partial charge < -0.3 is 9.64 Å². The average molecular weight is 376 g/mol. The predicted molar refractivity (Wildman–Crippen MR) is 100 cm³/mol. The Morgan fingerprint density at radius 2 is 1.62 bits per heavy atom. The van der Waals surface area contributed by atoms with E-state index in [1.54, 1.807) is 19.2 Å². The van der Waals surface area contributed by atoms with Crippen LogP contribution in [0.3, 0.4) is 0 Å². The highest BCUT2D eigenvalue weighted by Gasteiger charge is 2.24. The highest BCUT2D eigenvalue weighted by molar-refractivity contribution is 7.89. The first kappa shape index (κ1) is 19.9. The molecule has 7 heteroatoms. The lowest BCUT2D eigenvalue weighted by atomic mass is 10.2. The number of sulfonamides is 1. The van der Waals surface area contributed by atoms with Crippen molar-refractivity contribution in [2.45, 2.75) is 18.4 Å². The standard InChI is InChI=1S/C19H24N2O4S/c1-4-25-17-10-12-18(13-11-17)26(23,24)21(3)15-19(22)20(2)14-16-8-6-5-7-9-16/h5-13H,4,14-15H2,1-3H3. The second-order valence-electron chi connectivity index (χ2n) is 5.90. The van der Waals surface area contributed by atoms with Crippen LogP contribution < -0.4 is 4.74 Å². The third-order valence-corrected chi connectivity index (χ3v) is 5.71. The van der Waals surface area contributed by atoms with E-state index in [2.05, 4.69) is 0 Å². The monoisotopic (exact) mass is 376 g/mol. The van der Waals surface area contributed by atoms with Gasteiger partial charge in [-0.05, 0) is 36.8 Å². The lowest BCUT2D eigenvalue weighted by Gasteiger charge is -2.22. The minimum Gasteiger partial charge on any atom is -0.494 e. The molecule has 0 N–H and O–H groups in total. The van der Waals surface area contributed by atoms with E-state index in [0.29, 0.717) is 18.9 Å². The maximum atomic E-state index is 12.6. The van der Waals surface area contributed by atoms with Crippen LogP contribution in [0, 0.1) is 0 Å². The topological polar surface area (TPSA) is 66.9 Å².